The molecule has 1 fully saturated rings. The number of hydrogen-bond acceptors (Lipinski definition) is 7. The van der Waals surface area contributed by atoms with Crippen molar-refractivity contribution >= 4 is 5.91 Å². The van der Waals surface area contributed by atoms with Crippen LogP contribution in [-0.4, -0.2) is 54.9 Å². The van der Waals surface area contributed by atoms with Crippen LogP contribution in [0.3, 0.4) is 0 Å². The quantitative estimate of drug-likeness (QED) is 0.565. The summed E-state index contributed by atoms with van der Waals surface area (Å²) in [6.07, 6.45) is 0.525. The van der Waals surface area contributed by atoms with Gasteiger partial charge in [-0.1, -0.05) is 29.4 Å². The first-order valence-corrected chi connectivity index (χ1v) is 9.65. The number of carbonyl (C=O) groups is 1. The van der Waals surface area contributed by atoms with Crippen LogP contribution < -0.4 is 14.2 Å². The molecule has 0 spiro atoms. The normalized spacial score (nSPS) is 13.6. The van der Waals surface area contributed by atoms with Gasteiger partial charge in [0.15, 0.2) is 12.4 Å². The number of hydrogen-bond donors (Lipinski definition) is 0. The first-order chi connectivity index (χ1) is 14.7. The summed E-state index contributed by atoms with van der Waals surface area (Å²) in [6, 6.07) is 14.9. The van der Waals surface area contributed by atoms with Gasteiger partial charge in [-0.15, -0.1) is 0 Å². The largest absolute Gasteiger partial charge is 0.497 e. The van der Waals surface area contributed by atoms with E-state index in [0.29, 0.717) is 42.7 Å². The Balaban J connectivity index is 1.27. The zero-order chi connectivity index (χ0) is 20.9. The second kappa shape index (κ2) is 8.86. The summed E-state index contributed by atoms with van der Waals surface area (Å²) >= 11 is 0. The van der Waals surface area contributed by atoms with Crippen LogP contribution in [0.15, 0.2) is 53.1 Å². The smallest absolute Gasteiger partial charge is 0.260 e. The van der Waals surface area contributed by atoms with Crippen molar-refractivity contribution in [2.75, 3.05) is 33.9 Å². The van der Waals surface area contributed by atoms with Crippen LogP contribution >= 0.6 is 0 Å². The van der Waals surface area contributed by atoms with Gasteiger partial charge in [-0.3, -0.25) is 4.79 Å². The van der Waals surface area contributed by atoms with Crippen LogP contribution in [0.5, 0.6) is 17.2 Å². The minimum Gasteiger partial charge on any atom is -0.497 e. The second-order valence-electron chi connectivity index (χ2n) is 7.00. The minimum absolute atomic E-state index is 0.0250. The summed E-state index contributed by atoms with van der Waals surface area (Å²) in [5.41, 5.74) is 0.993. The Labute approximate surface area is 174 Å². The van der Waals surface area contributed by atoms with E-state index in [1.807, 2.05) is 36.4 Å². The van der Waals surface area contributed by atoms with Crippen LogP contribution in [-0.2, 0) is 11.2 Å². The molecule has 156 valence electrons. The monoisotopic (exact) mass is 409 g/mol. The number of nitrogens with zero attached hydrogens (tertiary/aromatic N) is 3. The number of para-hydroxylation sites is 1. The predicted octanol–water partition coefficient (Wildman–Crippen LogP) is 2.68. The molecule has 30 heavy (non-hydrogen) atoms. The van der Waals surface area contributed by atoms with Gasteiger partial charge in [0.25, 0.3) is 5.91 Å². The Bertz CT molecular complexity index is 1010. The van der Waals surface area contributed by atoms with E-state index >= 15 is 0 Å². The Kier molecular flexibility index (Phi) is 5.83. The number of aromatic nitrogens is 2. The van der Waals surface area contributed by atoms with Crippen molar-refractivity contribution in [3.8, 4) is 17.2 Å². The number of likely N-dealkylation sites (tertiary alicyclic amines) is 1. The molecule has 8 nitrogen and oxygen atoms in total. The SMILES string of the molecule is COc1cccc(OCC(=O)N2CC(c3nc(Cc4ccccc4OC)no3)C2)c1. The Morgan fingerprint density at radius 2 is 1.90 bits per heavy atom. The van der Waals surface area contributed by atoms with Crippen molar-refractivity contribution in [2.24, 2.45) is 0 Å². The number of amides is 1. The first-order valence-electron chi connectivity index (χ1n) is 9.65. The number of carbonyl (C=O) groups excluding carboxylic acids is 1. The van der Waals surface area contributed by atoms with Crippen LogP contribution in [0.1, 0.15) is 23.2 Å². The fourth-order valence-electron chi connectivity index (χ4n) is 3.29. The lowest BCUT2D eigenvalue weighted by molar-refractivity contribution is -0.138. The van der Waals surface area contributed by atoms with Crippen molar-refractivity contribution in [1.29, 1.82) is 0 Å². The molecular weight excluding hydrogens is 386 g/mol. The zero-order valence-electron chi connectivity index (χ0n) is 16.9. The topological polar surface area (TPSA) is 86.9 Å². The molecule has 0 saturated carbocycles. The Morgan fingerprint density at radius 1 is 1.10 bits per heavy atom. The molecule has 1 aromatic heterocycles. The van der Waals surface area contributed by atoms with Gasteiger partial charge in [0.1, 0.15) is 17.2 Å². The number of benzene rings is 2. The van der Waals surface area contributed by atoms with Gasteiger partial charge >= 0.3 is 0 Å². The van der Waals surface area contributed by atoms with Gasteiger partial charge in [0.2, 0.25) is 5.89 Å². The van der Waals surface area contributed by atoms with Crippen LogP contribution in [0.2, 0.25) is 0 Å². The molecule has 1 aliphatic rings. The molecule has 8 heteroatoms. The first kappa shape index (κ1) is 19.8. The maximum Gasteiger partial charge on any atom is 0.260 e. The summed E-state index contributed by atoms with van der Waals surface area (Å²) in [5.74, 6) is 3.19. The average Bonchev–Trinajstić information content (AvgIpc) is 3.19. The van der Waals surface area contributed by atoms with Gasteiger partial charge in [0.05, 0.1) is 20.1 Å². The molecule has 0 N–H and O–H groups in total. The summed E-state index contributed by atoms with van der Waals surface area (Å²) in [5, 5.41) is 4.07. The van der Waals surface area contributed by atoms with E-state index in [4.69, 9.17) is 18.7 Å². The molecule has 3 aromatic rings. The van der Waals surface area contributed by atoms with E-state index in [1.54, 1.807) is 31.3 Å². The van der Waals surface area contributed by atoms with Crippen LogP contribution in [0.25, 0.3) is 0 Å². The van der Waals surface area contributed by atoms with E-state index in [2.05, 4.69) is 10.1 Å². The van der Waals surface area contributed by atoms with Crippen molar-refractivity contribution in [2.45, 2.75) is 12.3 Å². The summed E-state index contributed by atoms with van der Waals surface area (Å²) < 4.78 is 21.5. The highest BCUT2D eigenvalue weighted by Crippen LogP contribution is 2.27. The molecule has 1 aliphatic heterocycles. The fraction of sp³-hybridized carbons (Fsp3) is 0.318. The van der Waals surface area contributed by atoms with Crippen molar-refractivity contribution in [3.05, 3.63) is 65.8 Å². The lowest BCUT2D eigenvalue weighted by Gasteiger charge is -2.36. The highest BCUT2D eigenvalue weighted by molar-refractivity contribution is 5.78. The lowest BCUT2D eigenvalue weighted by Crippen LogP contribution is -2.50. The number of ether oxygens (including phenoxy) is 3. The summed E-state index contributed by atoms with van der Waals surface area (Å²) in [6.45, 7) is 1.05. The maximum absolute atomic E-state index is 12.3. The van der Waals surface area contributed by atoms with Gasteiger partial charge in [-0.05, 0) is 18.2 Å². The molecule has 0 atom stereocenters. The van der Waals surface area contributed by atoms with Crippen LogP contribution in [0, 0.1) is 0 Å². The van der Waals surface area contributed by atoms with Crippen molar-refractivity contribution < 1.29 is 23.5 Å². The van der Waals surface area contributed by atoms with Gasteiger partial charge in [-0.2, -0.15) is 4.98 Å². The van der Waals surface area contributed by atoms with E-state index in [0.717, 1.165) is 11.3 Å². The Morgan fingerprint density at radius 3 is 2.70 bits per heavy atom. The zero-order valence-corrected chi connectivity index (χ0v) is 16.9. The highest BCUT2D eigenvalue weighted by atomic mass is 16.5. The third-order valence-electron chi connectivity index (χ3n) is 5.01. The molecule has 0 radical (unpaired) electrons. The Hall–Kier alpha value is -3.55. The molecule has 0 unspecified atom stereocenters. The van der Waals surface area contributed by atoms with Crippen LogP contribution in [0.4, 0.5) is 0 Å². The molecule has 2 heterocycles. The molecule has 0 aliphatic carbocycles. The van der Waals surface area contributed by atoms with E-state index < -0.39 is 0 Å². The molecule has 0 bridgehead atoms. The van der Waals surface area contributed by atoms with Gasteiger partial charge < -0.3 is 23.6 Å². The van der Waals surface area contributed by atoms with Crippen molar-refractivity contribution in [3.63, 3.8) is 0 Å². The molecule has 1 amide bonds. The van der Waals surface area contributed by atoms with E-state index in [9.17, 15) is 4.79 Å². The van der Waals surface area contributed by atoms with E-state index in [-0.39, 0.29) is 18.4 Å². The number of methoxy groups -OCH3 is 2. The minimum atomic E-state index is -0.0807. The predicted molar refractivity (Wildman–Crippen MR) is 108 cm³/mol. The fourth-order valence-corrected chi connectivity index (χ4v) is 3.29. The van der Waals surface area contributed by atoms with Gasteiger partial charge in [0, 0.05) is 31.1 Å². The maximum atomic E-state index is 12.3. The standard InChI is InChI=1S/C22H23N3O5/c1-27-17-7-5-8-18(11-17)29-14-21(26)25-12-16(13-25)22-23-20(24-30-22)10-15-6-3-4-9-19(15)28-2/h3-9,11,16H,10,12-14H2,1-2H3. The third kappa shape index (κ3) is 4.37. The van der Waals surface area contributed by atoms with Crippen molar-refractivity contribution in [1.82, 2.24) is 15.0 Å². The lowest BCUT2D eigenvalue weighted by atomic mass is 10.0. The average molecular weight is 409 g/mol. The molecule has 2 aromatic carbocycles. The molecule has 4 rings (SSSR count). The second-order valence-corrected chi connectivity index (χ2v) is 7.00. The third-order valence-corrected chi connectivity index (χ3v) is 5.01. The van der Waals surface area contributed by atoms with E-state index in [1.165, 1.54) is 0 Å². The molecule has 1 saturated heterocycles. The van der Waals surface area contributed by atoms with Gasteiger partial charge in [-0.25, -0.2) is 0 Å². The number of rotatable bonds is 8. The summed E-state index contributed by atoms with van der Waals surface area (Å²) in [7, 11) is 3.22. The highest BCUT2D eigenvalue weighted by Gasteiger charge is 2.35. The summed E-state index contributed by atoms with van der Waals surface area (Å²) in [4.78, 5) is 18.5. The molecular formula is C22H23N3O5.